The molecule has 0 bridgehead atoms. The van der Waals surface area contributed by atoms with Crippen molar-refractivity contribution in [3.8, 4) is 0 Å². The van der Waals surface area contributed by atoms with Gasteiger partial charge in [0.2, 0.25) is 0 Å². The minimum Gasteiger partial charge on any atom is -0.502 e. The van der Waals surface area contributed by atoms with Crippen LogP contribution < -0.4 is 0 Å². The van der Waals surface area contributed by atoms with E-state index < -0.39 is 6.10 Å². The number of hydrogen-bond donors (Lipinski definition) is 1. The Morgan fingerprint density at radius 2 is 2.50 bits per heavy atom. The molecule has 0 aromatic carbocycles. The van der Waals surface area contributed by atoms with Gasteiger partial charge in [-0.3, -0.25) is 0 Å². The fraction of sp³-hybridized carbons (Fsp3) is 0.600. The third-order valence-electron chi connectivity index (χ3n) is 1.28. The number of ether oxygens (including phenoxy) is 1. The van der Waals surface area contributed by atoms with Crippen LogP contribution in [0.4, 0.5) is 0 Å². The lowest BCUT2D eigenvalue weighted by Gasteiger charge is -1.99. The molecule has 1 unspecified atom stereocenters. The fourth-order valence-electron chi connectivity index (χ4n) is 0.831. The maximum absolute atomic E-state index is 8.94. The molecular formula is C5H9BO2. The standard InChI is InChI=1S/C5H9BO2/c1-3-4(7)2-5(6)8-3/h4-5,7H,1-2,6H2/t4?,5-/m1/s1. The van der Waals surface area contributed by atoms with Crippen molar-refractivity contribution in [1.82, 2.24) is 0 Å². The van der Waals surface area contributed by atoms with Crippen LogP contribution in [0.1, 0.15) is 6.42 Å². The predicted molar refractivity (Wildman–Crippen MR) is 33.2 cm³/mol. The quantitative estimate of drug-likeness (QED) is 0.417. The summed E-state index contributed by atoms with van der Waals surface area (Å²) in [4.78, 5) is 0. The SMILES string of the molecule is B[C@H]1CC(O)C(=C)O1. The van der Waals surface area contributed by atoms with Crippen molar-refractivity contribution in [1.29, 1.82) is 0 Å². The van der Waals surface area contributed by atoms with E-state index in [0.29, 0.717) is 12.2 Å². The Kier molecular flexibility index (Phi) is 1.30. The molecule has 1 saturated heterocycles. The van der Waals surface area contributed by atoms with Crippen molar-refractivity contribution in [3.05, 3.63) is 12.3 Å². The number of rotatable bonds is 0. The lowest BCUT2D eigenvalue weighted by atomic mass is 9.97. The largest absolute Gasteiger partial charge is 0.502 e. The zero-order chi connectivity index (χ0) is 6.15. The second-order valence-electron chi connectivity index (χ2n) is 2.15. The van der Waals surface area contributed by atoms with Crippen molar-refractivity contribution in [2.45, 2.75) is 18.5 Å². The third-order valence-corrected chi connectivity index (χ3v) is 1.28. The molecule has 2 nitrogen and oxygen atoms in total. The maximum atomic E-state index is 8.94. The zero-order valence-corrected chi connectivity index (χ0v) is 4.92. The highest BCUT2D eigenvalue weighted by Gasteiger charge is 2.23. The van der Waals surface area contributed by atoms with Crippen LogP contribution in [0.15, 0.2) is 12.3 Å². The summed E-state index contributed by atoms with van der Waals surface area (Å²) < 4.78 is 5.03. The highest BCUT2D eigenvalue weighted by Crippen LogP contribution is 2.19. The first-order valence-corrected chi connectivity index (χ1v) is 2.73. The van der Waals surface area contributed by atoms with E-state index in [0.717, 1.165) is 0 Å². The molecule has 0 aromatic rings. The summed E-state index contributed by atoms with van der Waals surface area (Å²) in [5, 5.41) is 8.94. The van der Waals surface area contributed by atoms with Crippen LogP contribution in [0, 0.1) is 0 Å². The van der Waals surface area contributed by atoms with Crippen LogP contribution in [0.5, 0.6) is 0 Å². The Balaban J connectivity index is 2.51. The topological polar surface area (TPSA) is 29.5 Å². The van der Waals surface area contributed by atoms with Gasteiger partial charge in [0.1, 0.15) is 11.9 Å². The smallest absolute Gasteiger partial charge is 0.154 e. The molecule has 3 heteroatoms. The normalized spacial score (nSPS) is 37.4. The van der Waals surface area contributed by atoms with E-state index in [1.54, 1.807) is 0 Å². The molecule has 0 saturated carbocycles. The van der Waals surface area contributed by atoms with Crippen LogP contribution in [0.2, 0.25) is 0 Å². The molecule has 1 aliphatic heterocycles. The Labute approximate surface area is 49.6 Å². The van der Waals surface area contributed by atoms with Crippen LogP contribution >= 0.6 is 0 Å². The highest BCUT2D eigenvalue weighted by molar-refractivity contribution is 6.11. The minimum atomic E-state index is -0.426. The zero-order valence-electron chi connectivity index (χ0n) is 4.92. The van der Waals surface area contributed by atoms with Gasteiger partial charge >= 0.3 is 0 Å². The maximum Gasteiger partial charge on any atom is 0.154 e. The molecule has 8 heavy (non-hydrogen) atoms. The molecule has 1 N–H and O–H groups in total. The molecule has 0 radical (unpaired) electrons. The van der Waals surface area contributed by atoms with Gasteiger partial charge in [0, 0.05) is 6.42 Å². The van der Waals surface area contributed by atoms with Crippen molar-refractivity contribution < 1.29 is 9.84 Å². The van der Waals surface area contributed by atoms with Gasteiger partial charge in [-0.15, -0.1) is 0 Å². The average Bonchev–Trinajstić information content (AvgIpc) is 1.85. The Morgan fingerprint density at radius 3 is 2.62 bits per heavy atom. The number of hydrogen-bond acceptors (Lipinski definition) is 2. The molecule has 1 aliphatic rings. The summed E-state index contributed by atoms with van der Waals surface area (Å²) in [5.41, 5.74) is 0. The molecule has 44 valence electrons. The summed E-state index contributed by atoms with van der Waals surface area (Å²) in [6.45, 7) is 3.51. The first-order chi connectivity index (χ1) is 3.70. The summed E-state index contributed by atoms with van der Waals surface area (Å²) in [7, 11) is 1.92. The molecule has 1 fully saturated rings. The molecule has 1 rings (SSSR count). The van der Waals surface area contributed by atoms with Crippen molar-refractivity contribution in [2.24, 2.45) is 0 Å². The monoisotopic (exact) mass is 112 g/mol. The van der Waals surface area contributed by atoms with E-state index in [1.807, 2.05) is 7.85 Å². The van der Waals surface area contributed by atoms with Gasteiger partial charge < -0.3 is 9.84 Å². The number of aliphatic hydroxyl groups is 1. The first-order valence-electron chi connectivity index (χ1n) is 2.73. The van der Waals surface area contributed by atoms with Crippen LogP contribution in [-0.4, -0.2) is 25.1 Å². The van der Waals surface area contributed by atoms with E-state index in [1.165, 1.54) is 0 Å². The molecule has 0 amide bonds. The van der Waals surface area contributed by atoms with Crippen LogP contribution in [0.3, 0.4) is 0 Å². The summed E-state index contributed by atoms with van der Waals surface area (Å²) >= 11 is 0. The van der Waals surface area contributed by atoms with Crippen molar-refractivity contribution >= 4 is 7.85 Å². The van der Waals surface area contributed by atoms with E-state index in [2.05, 4.69) is 6.58 Å². The molecule has 2 atom stereocenters. The van der Waals surface area contributed by atoms with Crippen molar-refractivity contribution in [3.63, 3.8) is 0 Å². The molecule has 0 aliphatic carbocycles. The van der Waals surface area contributed by atoms with E-state index in [4.69, 9.17) is 9.84 Å². The Morgan fingerprint density at radius 1 is 1.88 bits per heavy atom. The molecule has 0 spiro atoms. The lowest BCUT2D eigenvalue weighted by Crippen LogP contribution is -2.04. The summed E-state index contributed by atoms with van der Waals surface area (Å²) in [5.74, 6) is 0.512. The van der Waals surface area contributed by atoms with Gasteiger partial charge in [-0.25, -0.2) is 0 Å². The molecular weight excluding hydrogens is 103 g/mol. The second-order valence-corrected chi connectivity index (χ2v) is 2.15. The molecule has 0 aromatic heterocycles. The van der Waals surface area contributed by atoms with Gasteiger partial charge in [0.15, 0.2) is 7.85 Å². The van der Waals surface area contributed by atoms with Gasteiger partial charge in [0.05, 0.1) is 6.00 Å². The number of aliphatic hydroxyl groups excluding tert-OH is 1. The van der Waals surface area contributed by atoms with Crippen molar-refractivity contribution in [2.75, 3.05) is 0 Å². The highest BCUT2D eigenvalue weighted by atomic mass is 16.5. The predicted octanol–water partition coefficient (Wildman–Crippen LogP) is -0.760. The van der Waals surface area contributed by atoms with Gasteiger partial charge in [-0.1, -0.05) is 6.58 Å². The minimum absolute atomic E-state index is 0.150. The first kappa shape index (κ1) is 5.70. The van der Waals surface area contributed by atoms with E-state index in [-0.39, 0.29) is 6.00 Å². The second kappa shape index (κ2) is 1.82. The fourth-order valence-corrected chi connectivity index (χ4v) is 0.831. The van der Waals surface area contributed by atoms with Crippen LogP contribution in [-0.2, 0) is 4.74 Å². The average molecular weight is 112 g/mol. The third kappa shape index (κ3) is 0.867. The lowest BCUT2D eigenvalue weighted by molar-refractivity contribution is 0.188. The van der Waals surface area contributed by atoms with Gasteiger partial charge in [-0.2, -0.15) is 0 Å². The van der Waals surface area contributed by atoms with Gasteiger partial charge in [0.25, 0.3) is 0 Å². The molecule has 1 heterocycles. The van der Waals surface area contributed by atoms with Crippen LogP contribution in [0.25, 0.3) is 0 Å². The van der Waals surface area contributed by atoms with E-state index >= 15 is 0 Å². The summed E-state index contributed by atoms with van der Waals surface area (Å²) in [6.07, 6.45) is 0.267. The Bertz CT molecular complexity index is 113. The van der Waals surface area contributed by atoms with E-state index in [9.17, 15) is 0 Å². The Hall–Kier alpha value is -0.435. The van der Waals surface area contributed by atoms with Gasteiger partial charge in [-0.05, 0) is 0 Å². The summed E-state index contributed by atoms with van der Waals surface area (Å²) in [6, 6.07) is 0.150.